The Kier molecular flexibility index (Phi) is 4.11. The molecule has 0 bridgehead atoms. The second-order valence-electron chi connectivity index (χ2n) is 4.94. The third-order valence-corrected chi connectivity index (χ3v) is 4.50. The van der Waals surface area contributed by atoms with Gasteiger partial charge in [-0.3, -0.25) is 0 Å². The standard InChI is InChI=1S/C18H16BrNO/c1-13-7-5-10-15(17(13)19)20-18(16-11-6-12-21-16)14-8-3-2-4-9-14/h2-12,18,20H,1H3. The van der Waals surface area contributed by atoms with Crippen molar-refractivity contribution >= 4 is 21.6 Å². The highest BCUT2D eigenvalue weighted by Gasteiger charge is 2.17. The number of anilines is 1. The molecule has 0 aliphatic heterocycles. The van der Waals surface area contributed by atoms with Gasteiger partial charge in [-0.1, -0.05) is 42.5 Å². The molecule has 0 radical (unpaired) electrons. The van der Waals surface area contributed by atoms with Crippen molar-refractivity contribution in [2.24, 2.45) is 0 Å². The van der Waals surface area contributed by atoms with Crippen molar-refractivity contribution < 1.29 is 4.42 Å². The topological polar surface area (TPSA) is 25.2 Å². The number of hydrogen-bond acceptors (Lipinski definition) is 2. The molecular formula is C18H16BrNO. The van der Waals surface area contributed by atoms with Gasteiger partial charge < -0.3 is 9.73 Å². The lowest BCUT2D eigenvalue weighted by atomic mass is 10.0. The molecule has 3 rings (SSSR count). The maximum atomic E-state index is 5.61. The van der Waals surface area contributed by atoms with E-state index in [-0.39, 0.29) is 6.04 Å². The number of rotatable bonds is 4. The van der Waals surface area contributed by atoms with Crippen molar-refractivity contribution in [3.8, 4) is 0 Å². The van der Waals surface area contributed by atoms with Crippen LogP contribution in [0.15, 0.2) is 75.8 Å². The molecule has 3 heteroatoms. The largest absolute Gasteiger partial charge is 0.467 e. The Hall–Kier alpha value is -2.00. The van der Waals surface area contributed by atoms with Gasteiger partial charge in [0.05, 0.1) is 6.26 Å². The lowest BCUT2D eigenvalue weighted by molar-refractivity contribution is 0.499. The summed E-state index contributed by atoms with van der Waals surface area (Å²) in [5, 5.41) is 3.57. The summed E-state index contributed by atoms with van der Waals surface area (Å²) < 4.78 is 6.70. The summed E-state index contributed by atoms with van der Waals surface area (Å²) in [5.74, 6) is 0.898. The number of benzene rings is 2. The SMILES string of the molecule is Cc1cccc(NC(c2ccccc2)c2ccco2)c1Br. The van der Waals surface area contributed by atoms with Gasteiger partial charge in [0, 0.05) is 10.2 Å². The van der Waals surface area contributed by atoms with E-state index in [2.05, 4.69) is 52.4 Å². The summed E-state index contributed by atoms with van der Waals surface area (Å²) in [4.78, 5) is 0. The Labute approximate surface area is 132 Å². The molecule has 21 heavy (non-hydrogen) atoms. The first-order valence-electron chi connectivity index (χ1n) is 6.85. The molecule has 0 saturated carbocycles. The molecule has 1 N–H and O–H groups in total. The van der Waals surface area contributed by atoms with Crippen molar-refractivity contribution in [3.63, 3.8) is 0 Å². The highest BCUT2D eigenvalue weighted by atomic mass is 79.9. The van der Waals surface area contributed by atoms with E-state index >= 15 is 0 Å². The lowest BCUT2D eigenvalue weighted by Gasteiger charge is -2.20. The predicted octanol–water partition coefficient (Wildman–Crippen LogP) is 5.55. The van der Waals surface area contributed by atoms with Crippen LogP contribution in [0.25, 0.3) is 0 Å². The molecule has 106 valence electrons. The summed E-state index contributed by atoms with van der Waals surface area (Å²) in [7, 11) is 0. The zero-order valence-corrected chi connectivity index (χ0v) is 13.3. The fourth-order valence-electron chi connectivity index (χ4n) is 2.33. The van der Waals surface area contributed by atoms with Crippen molar-refractivity contribution in [2.75, 3.05) is 5.32 Å². The van der Waals surface area contributed by atoms with Crippen LogP contribution in [-0.4, -0.2) is 0 Å². The summed E-state index contributed by atoms with van der Waals surface area (Å²) in [5.41, 5.74) is 3.42. The fourth-order valence-corrected chi connectivity index (χ4v) is 2.71. The third kappa shape index (κ3) is 3.03. The van der Waals surface area contributed by atoms with Crippen LogP contribution in [0.4, 0.5) is 5.69 Å². The zero-order chi connectivity index (χ0) is 14.7. The van der Waals surface area contributed by atoms with Crippen molar-refractivity contribution in [2.45, 2.75) is 13.0 Å². The van der Waals surface area contributed by atoms with Crippen LogP contribution in [0, 0.1) is 6.92 Å². The molecule has 1 aromatic heterocycles. The minimum Gasteiger partial charge on any atom is -0.467 e. The average Bonchev–Trinajstić information content (AvgIpc) is 3.04. The molecule has 1 heterocycles. The van der Waals surface area contributed by atoms with Gasteiger partial charge in [0.15, 0.2) is 0 Å². The minimum atomic E-state index is -0.0145. The summed E-state index contributed by atoms with van der Waals surface area (Å²) in [6.07, 6.45) is 1.71. The van der Waals surface area contributed by atoms with Crippen LogP contribution < -0.4 is 5.32 Å². The first kappa shape index (κ1) is 14.0. The van der Waals surface area contributed by atoms with Gasteiger partial charge in [0.1, 0.15) is 11.8 Å². The van der Waals surface area contributed by atoms with Crippen LogP contribution >= 0.6 is 15.9 Å². The highest BCUT2D eigenvalue weighted by molar-refractivity contribution is 9.10. The van der Waals surface area contributed by atoms with Crippen LogP contribution in [0.5, 0.6) is 0 Å². The van der Waals surface area contributed by atoms with E-state index in [1.807, 2.05) is 36.4 Å². The van der Waals surface area contributed by atoms with Gasteiger partial charge in [-0.05, 0) is 52.2 Å². The van der Waals surface area contributed by atoms with Gasteiger partial charge in [-0.15, -0.1) is 0 Å². The predicted molar refractivity (Wildman–Crippen MR) is 89.5 cm³/mol. The average molecular weight is 342 g/mol. The molecule has 1 unspecified atom stereocenters. The molecule has 0 spiro atoms. The number of nitrogens with one attached hydrogen (secondary N) is 1. The molecule has 0 aliphatic carbocycles. The molecule has 3 aromatic rings. The Morgan fingerprint density at radius 3 is 2.48 bits per heavy atom. The molecule has 0 amide bonds. The van der Waals surface area contributed by atoms with E-state index in [0.717, 1.165) is 15.9 Å². The Morgan fingerprint density at radius 1 is 0.952 bits per heavy atom. The Bertz CT molecular complexity index is 707. The molecule has 0 fully saturated rings. The van der Waals surface area contributed by atoms with E-state index in [1.54, 1.807) is 6.26 Å². The first-order valence-corrected chi connectivity index (χ1v) is 7.65. The van der Waals surface area contributed by atoms with Crippen LogP contribution in [0.3, 0.4) is 0 Å². The monoisotopic (exact) mass is 341 g/mol. The molecule has 2 nitrogen and oxygen atoms in total. The molecular weight excluding hydrogens is 326 g/mol. The Balaban J connectivity index is 1.99. The van der Waals surface area contributed by atoms with Gasteiger partial charge >= 0.3 is 0 Å². The van der Waals surface area contributed by atoms with Crippen molar-refractivity contribution in [1.82, 2.24) is 0 Å². The molecule has 2 aromatic carbocycles. The highest BCUT2D eigenvalue weighted by Crippen LogP contribution is 2.32. The maximum absolute atomic E-state index is 5.61. The second-order valence-corrected chi connectivity index (χ2v) is 5.73. The molecule has 0 saturated heterocycles. The smallest absolute Gasteiger partial charge is 0.130 e. The van der Waals surface area contributed by atoms with Gasteiger partial charge in [-0.2, -0.15) is 0 Å². The normalized spacial score (nSPS) is 12.1. The van der Waals surface area contributed by atoms with Crippen molar-refractivity contribution in [1.29, 1.82) is 0 Å². The van der Waals surface area contributed by atoms with Crippen LogP contribution in [0.1, 0.15) is 22.9 Å². The third-order valence-electron chi connectivity index (χ3n) is 3.45. The second kappa shape index (κ2) is 6.19. The first-order chi connectivity index (χ1) is 10.3. The number of aryl methyl sites for hydroxylation is 1. The number of halogens is 1. The zero-order valence-electron chi connectivity index (χ0n) is 11.7. The lowest BCUT2D eigenvalue weighted by Crippen LogP contribution is -2.12. The van der Waals surface area contributed by atoms with Crippen molar-refractivity contribution in [3.05, 3.63) is 88.3 Å². The van der Waals surface area contributed by atoms with E-state index in [0.29, 0.717) is 0 Å². The van der Waals surface area contributed by atoms with E-state index in [9.17, 15) is 0 Å². The van der Waals surface area contributed by atoms with Gasteiger partial charge in [-0.25, -0.2) is 0 Å². The van der Waals surface area contributed by atoms with Gasteiger partial charge in [0.25, 0.3) is 0 Å². The minimum absolute atomic E-state index is 0.0145. The maximum Gasteiger partial charge on any atom is 0.130 e. The van der Waals surface area contributed by atoms with E-state index in [4.69, 9.17) is 4.42 Å². The van der Waals surface area contributed by atoms with E-state index in [1.165, 1.54) is 11.1 Å². The summed E-state index contributed by atoms with van der Waals surface area (Å²) in [6.45, 7) is 2.08. The quantitative estimate of drug-likeness (QED) is 0.672. The van der Waals surface area contributed by atoms with Crippen LogP contribution in [-0.2, 0) is 0 Å². The number of hydrogen-bond donors (Lipinski definition) is 1. The molecule has 1 atom stereocenters. The fraction of sp³-hybridized carbons (Fsp3) is 0.111. The van der Waals surface area contributed by atoms with Crippen LogP contribution in [0.2, 0.25) is 0 Å². The van der Waals surface area contributed by atoms with E-state index < -0.39 is 0 Å². The molecule has 0 aliphatic rings. The van der Waals surface area contributed by atoms with Gasteiger partial charge in [0.2, 0.25) is 0 Å². The summed E-state index contributed by atoms with van der Waals surface area (Å²) >= 11 is 3.65. The Morgan fingerprint density at radius 2 is 1.76 bits per heavy atom. The number of furan rings is 1. The summed E-state index contributed by atoms with van der Waals surface area (Å²) in [6, 6.07) is 20.4.